The number of imidazole rings is 1. The molecule has 1 heterocycles. The van der Waals surface area contributed by atoms with Gasteiger partial charge in [-0.1, -0.05) is 6.07 Å². The predicted molar refractivity (Wildman–Crippen MR) is 131 cm³/mol. The zero-order chi connectivity index (χ0) is 28.3. The lowest BCUT2D eigenvalue weighted by Gasteiger charge is -2.12. The summed E-state index contributed by atoms with van der Waals surface area (Å²) in [6, 6.07) is 9.61. The van der Waals surface area contributed by atoms with Crippen LogP contribution in [0.25, 0.3) is 5.69 Å². The Balaban J connectivity index is 0.000000279. The molecule has 14 heteroatoms. The van der Waals surface area contributed by atoms with E-state index >= 15 is 0 Å². The second-order valence-electron chi connectivity index (χ2n) is 7.78. The summed E-state index contributed by atoms with van der Waals surface area (Å²) in [7, 11) is -1.46. The van der Waals surface area contributed by atoms with Crippen LogP contribution in [0.5, 0.6) is 5.75 Å². The number of methoxy groups -OCH3 is 1. The van der Waals surface area contributed by atoms with Crippen molar-refractivity contribution in [3.05, 3.63) is 102 Å². The standard InChI is InChI=1S/C18H16F2N2O3S.C6H3ClF2O2S/c1-12-9-22(11-21-12)17-6-3-13(7-18(17)25-2)10-26(23,24)14-4-5-15(19)16(20)8-14;7-12(10,11)4-1-2-5(8)6(9)3-4/h3-9,11H,10H2,1-2H3;1-3H. The number of halogens is 5. The molecule has 0 aliphatic heterocycles. The molecule has 0 bridgehead atoms. The summed E-state index contributed by atoms with van der Waals surface area (Å²) in [5, 5.41) is 0. The first-order valence-corrected chi connectivity index (χ1v) is 14.4. The molecule has 1 aromatic heterocycles. The van der Waals surface area contributed by atoms with Gasteiger partial charge < -0.3 is 9.30 Å². The molecule has 0 radical (unpaired) electrons. The monoisotopic (exact) mass is 590 g/mol. The van der Waals surface area contributed by atoms with Crippen LogP contribution < -0.4 is 4.74 Å². The van der Waals surface area contributed by atoms with Gasteiger partial charge in [-0.25, -0.2) is 39.4 Å². The number of aryl methyl sites for hydroxylation is 1. The average molecular weight is 591 g/mol. The number of sulfone groups is 1. The van der Waals surface area contributed by atoms with Gasteiger partial charge in [-0.15, -0.1) is 0 Å². The molecular formula is C24H19ClF4N2O5S2. The van der Waals surface area contributed by atoms with E-state index in [9.17, 15) is 34.4 Å². The van der Waals surface area contributed by atoms with Crippen LogP contribution >= 0.6 is 10.7 Å². The third-order valence-corrected chi connectivity index (χ3v) is 8.05. The summed E-state index contributed by atoms with van der Waals surface area (Å²) in [6.45, 7) is 1.85. The lowest BCUT2D eigenvalue weighted by molar-refractivity contribution is 0.412. The van der Waals surface area contributed by atoms with Gasteiger partial charge in [0.05, 0.1) is 40.4 Å². The van der Waals surface area contributed by atoms with E-state index in [0.717, 1.165) is 23.9 Å². The SMILES string of the molecule is COc1cc(CS(=O)(=O)c2ccc(F)c(F)c2)ccc1-n1cnc(C)c1.O=S(=O)(Cl)c1ccc(F)c(F)c1. The average Bonchev–Trinajstić information content (AvgIpc) is 3.27. The molecule has 0 amide bonds. The van der Waals surface area contributed by atoms with Gasteiger partial charge in [-0.2, -0.15) is 0 Å². The van der Waals surface area contributed by atoms with E-state index in [1.54, 1.807) is 29.1 Å². The van der Waals surface area contributed by atoms with Crippen molar-refractivity contribution in [2.45, 2.75) is 22.5 Å². The number of hydrogen-bond acceptors (Lipinski definition) is 6. The first kappa shape index (κ1) is 29.1. The van der Waals surface area contributed by atoms with Gasteiger partial charge in [-0.3, -0.25) is 0 Å². The highest BCUT2D eigenvalue weighted by atomic mass is 35.7. The van der Waals surface area contributed by atoms with Crippen molar-refractivity contribution in [1.29, 1.82) is 0 Å². The van der Waals surface area contributed by atoms with Crippen molar-refractivity contribution >= 4 is 29.6 Å². The topological polar surface area (TPSA) is 95.3 Å². The highest BCUT2D eigenvalue weighted by Crippen LogP contribution is 2.27. The van der Waals surface area contributed by atoms with Gasteiger partial charge in [0.25, 0.3) is 9.05 Å². The van der Waals surface area contributed by atoms with Crippen molar-refractivity contribution in [3.63, 3.8) is 0 Å². The molecule has 4 rings (SSSR count). The number of hydrogen-bond donors (Lipinski definition) is 0. The maximum Gasteiger partial charge on any atom is 0.261 e. The van der Waals surface area contributed by atoms with Gasteiger partial charge in [0.15, 0.2) is 33.1 Å². The first-order valence-electron chi connectivity index (χ1n) is 10.5. The summed E-state index contributed by atoms with van der Waals surface area (Å²) < 4.78 is 104. The third kappa shape index (κ3) is 7.11. The number of benzene rings is 3. The molecule has 0 spiro atoms. The fourth-order valence-electron chi connectivity index (χ4n) is 3.18. The zero-order valence-electron chi connectivity index (χ0n) is 19.7. The normalized spacial score (nSPS) is 11.6. The van der Waals surface area contributed by atoms with Crippen LogP contribution in [0.1, 0.15) is 11.3 Å². The van der Waals surface area contributed by atoms with E-state index in [1.165, 1.54) is 7.11 Å². The van der Waals surface area contributed by atoms with Gasteiger partial charge >= 0.3 is 0 Å². The number of aromatic nitrogens is 2. The van der Waals surface area contributed by atoms with E-state index in [1.807, 2.05) is 13.1 Å². The molecule has 202 valence electrons. The molecule has 0 atom stereocenters. The van der Waals surface area contributed by atoms with E-state index in [0.29, 0.717) is 35.2 Å². The highest BCUT2D eigenvalue weighted by molar-refractivity contribution is 8.13. The minimum absolute atomic E-state index is 0.273. The van der Waals surface area contributed by atoms with Crippen molar-refractivity contribution < 1.29 is 39.1 Å². The van der Waals surface area contributed by atoms with Crippen LogP contribution in [0.4, 0.5) is 17.6 Å². The fraction of sp³-hybridized carbons (Fsp3) is 0.125. The fourth-order valence-corrected chi connectivity index (χ4v) is 5.29. The van der Waals surface area contributed by atoms with Crippen LogP contribution in [0.3, 0.4) is 0 Å². The Labute approximate surface area is 220 Å². The number of ether oxygens (including phenoxy) is 1. The van der Waals surface area contributed by atoms with Crippen molar-refractivity contribution in [3.8, 4) is 11.4 Å². The molecule has 0 aliphatic carbocycles. The molecule has 4 aromatic rings. The maximum absolute atomic E-state index is 13.3. The second kappa shape index (κ2) is 11.5. The zero-order valence-corrected chi connectivity index (χ0v) is 22.1. The largest absolute Gasteiger partial charge is 0.495 e. The van der Waals surface area contributed by atoms with Crippen LogP contribution in [0.2, 0.25) is 0 Å². The molecule has 38 heavy (non-hydrogen) atoms. The van der Waals surface area contributed by atoms with Crippen molar-refractivity contribution in [2.24, 2.45) is 0 Å². The molecule has 0 N–H and O–H groups in total. The Hall–Kier alpha value is -3.42. The smallest absolute Gasteiger partial charge is 0.261 e. The van der Waals surface area contributed by atoms with Crippen LogP contribution in [0, 0.1) is 30.2 Å². The quantitative estimate of drug-likeness (QED) is 0.171. The predicted octanol–water partition coefficient (Wildman–Crippen LogP) is 5.33. The summed E-state index contributed by atoms with van der Waals surface area (Å²) in [6.07, 6.45) is 3.44. The Morgan fingerprint density at radius 2 is 1.42 bits per heavy atom. The Morgan fingerprint density at radius 3 is 1.92 bits per heavy atom. The molecule has 0 fully saturated rings. The third-order valence-electron chi connectivity index (χ3n) is 5.01. The lowest BCUT2D eigenvalue weighted by atomic mass is 10.2. The summed E-state index contributed by atoms with van der Waals surface area (Å²) in [4.78, 5) is 3.42. The summed E-state index contributed by atoms with van der Waals surface area (Å²) in [5.41, 5.74) is 2.01. The molecule has 0 aliphatic rings. The molecule has 7 nitrogen and oxygen atoms in total. The molecular weight excluding hydrogens is 572 g/mol. The van der Waals surface area contributed by atoms with E-state index in [2.05, 4.69) is 4.98 Å². The minimum Gasteiger partial charge on any atom is -0.495 e. The van der Waals surface area contributed by atoms with Gasteiger partial charge in [0.2, 0.25) is 0 Å². The number of rotatable bonds is 6. The second-order valence-corrected chi connectivity index (χ2v) is 12.3. The molecule has 0 saturated heterocycles. The summed E-state index contributed by atoms with van der Waals surface area (Å²) in [5.74, 6) is -4.53. The van der Waals surface area contributed by atoms with E-state index in [-0.39, 0.29) is 10.6 Å². The Kier molecular flexibility index (Phi) is 8.85. The first-order chi connectivity index (χ1) is 17.7. The van der Waals surface area contributed by atoms with Crippen molar-refractivity contribution in [2.75, 3.05) is 7.11 Å². The van der Waals surface area contributed by atoms with Crippen LogP contribution in [0.15, 0.2) is 76.9 Å². The maximum atomic E-state index is 13.3. The van der Waals surface area contributed by atoms with E-state index < -0.39 is 47.1 Å². The van der Waals surface area contributed by atoms with Crippen LogP contribution in [-0.2, 0) is 24.6 Å². The molecule has 0 unspecified atom stereocenters. The molecule has 0 saturated carbocycles. The summed E-state index contributed by atoms with van der Waals surface area (Å²) >= 11 is 0. The van der Waals surface area contributed by atoms with Gasteiger partial charge in [0.1, 0.15) is 5.75 Å². The Morgan fingerprint density at radius 1 is 0.842 bits per heavy atom. The van der Waals surface area contributed by atoms with Gasteiger partial charge in [-0.05, 0) is 61.0 Å². The lowest BCUT2D eigenvalue weighted by Crippen LogP contribution is -2.07. The number of nitrogens with zero attached hydrogens (tertiary/aromatic N) is 2. The van der Waals surface area contributed by atoms with Crippen molar-refractivity contribution in [1.82, 2.24) is 9.55 Å². The van der Waals surface area contributed by atoms with E-state index in [4.69, 9.17) is 15.4 Å². The highest BCUT2D eigenvalue weighted by Gasteiger charge is 2.19. The minimum atomic E-state index is -3.98. The Bertz CT molecular complexity index is 1690. The van der Waals surface area contributed by atoms with Gasteiger partial charge in [0, 0.05) is 16.9 Å². The molecule has 3 aromatic carbocycles. The van der Waals surface area contributed by atoms with Crippen LogP contribution in [-0.4, -0.2) is 33.5 Å².